The summed E-state index contributed by atoms with van der Waals surface area (Å²) in [5.41, 5.74) is 3.28. The summed E-state index contributed by atoms with van der Waals surface area (Å²) in [6, 6.07) is 20.3. The molecule has 3 heterocycles. The van der Waals surface area contributed by atoms with Crippen molar-refractivity contribution in [3.05, 3.63) is 130 Å². The highest BCUT2D eigenvalue weighted by molar-refractivity contribution is 6.31. The first-order valence-corrected chi connectivity index (χ1v) is 26.2. The SMILES string of the molecule is COC[C@@H]1NC(=O)[C@H](C)N(Cc2ccc(Cl)cc2Oc2ccc(-c3cnc(CN4CCCC4)n3C)cc2)C(=O)C[C@@H](Cc2cccc(OC(F)(F)F)c2)C(=O)N(C)[C@@H](C)CNC(=O)C[C@H](Cc2ccc(Cl)cc2)N(C)C1=O. The first-order chi connectivity index (χ1) is 36.7. The van der Waals surface area contributed by atoms with Crippen molar-refractivity contribution in [1.82, 2.24) is 39.8 Å². The van der Waals surface area contributed by atoms with Crippen LogP contribution in [0.25, 0.3) is 11.3 Å². The Morgan fingerprint density at radius 3 is 2.16 bits per heavy atom. The Hall–Kier alpha value is -6.67. The highest BCUT2D eigenvalue weighted by Crippen LogP contribution is 2.33. The number of imidazole rings is 1. The van der Waals surface area contributed by atoms with E-state index in [4.69, 9.17) is 37.7 Å². The number of hydrogen-bond donors (Lipinski definition) is 2. The molecule has 2 fully saturated rings. The summed E-state index contributed by atoms with van der Waals surface area (Å²) in [7, 11) is 6.39. The number of halogens is 5. The summed E-state index contributed by atoms with van der Waals surface area (Å²) in [5.74, 6) is -3.09. The summed E-state index contributed by atoms with van der Waals surface area (Å²) < 4.78 is 58.4. The topological polar surface area (TPSA) is 168 Å². The fraction of sp³-hybridized carbons (Fsp3) is 0.429. The monoisotopic (exact) mass is 1100 g/mol. The summed E-state index contributed by atoms with van der Waals surface area (Å²) in [6.45, 7) is 5.44. The molecule has 77 heavy (non-hydrogen) atoms. The second-order valence-electron chi connectivity index (χ2n) is 19.7. The van der Waals surface area contributed by atoms with E-state index in [0.29, 0.717) is 21.4 Å². The fourth-order valence-corrected chi connectivity index (χ4v) is 9.85. The van der Waals surface area contributed by atoms with Gasteiger partial charge in [-0.3, -0.25) is 28.9 Å². The summed E-state index contributed by atoms with van der Waals surface area (Å²) >= 11 is 12.8. The Bertz CT molecular complexity index is 2870. The van der Waals surface area contributed by atoms with Gasteiger partial charge >= 0.3 is 6.36 Å². The first kappa shape index (κ1) is 58.0. The van der Waals surface area contributed by atoms with Crippen molar-refractivity contribution in [1.29, 1.82) is 0 Å². The Kier molecular flexibility index (Phi) is 19.7. The average Bonchev–Trinajstić information content (AvgIpc) is 4.05. The molecule has 0 bridgehead atoms. The Labute approximate surface area is 456 Å². The molecule has 2 aliphatic heterocycles. The van der Waals surface area contributed by atoms with Crippen LogP contribution in [0.1, 0.15) is 62.0 Å². The lowest BCUT2D eigenvalue weighted by Crippen LogP contribution is -2.57. The van der Waals surface area contributed by atoms with E-state index in [1.54, 1.807) is 61.5 Å². The summed E-state index contributed by atoms with van der Waals surface area (Å²) in [4.78, 5) is 83.9. The molecule has 1 aromatic heterocycles. The predicted octanol–water partition coefficient (Wildman–Crippen LogP) is 8.21. The molecule has 0 aliphatic carbocycles. The molecule has 5 amide bonds. The van der Waals surface area contributed by atoms with Crippen LogP contribution in [0.2, 0.25) is 10.0 Å². The maximum Gasteiger partial charge on any atom is 0.573 e. The van der Waals surface area contributed by atoms with Crippen molar-refractivity contribution in [3.8, 4) is 28.5 Å². The lowest BCUT2D eigenvalue weighted by Gasteiger charge is -2.35. The smallest absolute Gasteiger partial charge is 0.457 e. The predicted molar refractivity (Wildman–Crippen MR) is 285 cm³/mol. The molecule has 2 N–H and O–H groups in total. The Morgan fingerprint density at radius 2 is 1.47 bits per heavy atom. The maximum absolute atomic E-state index is 15.2. The van der Waals surface area contributed by atoms with Gasteiger partial charge in [-0.15, -0.1) is 13.2 Å². The van der Waals surface area contributed by atoms with Gasteiger partial charge in [-0.25, -0.2) is 4.98 Å². The third-order valence-electron chi connectivity index (χ3n) is 14.2. The zero-order chi connectivity index (χ0) is 55.6. The number of aromatic nitrogens is 2. The van der Waals surface area contributed by atoms with Gasteiger partial charge in [0, 0.05) is 80.9 Å². The number of alkyl halides is 3. The van der Waals surface area contributed by atoms with Crippen LogP contribution in [0.15, 0.2) is 97.2 Å². The molecule has 2 aliphatic rings. The first-order valence-electron chi connectivity index (χ1n) is 25.4. The number of likely N-dealkylation sites (N-methyl/N-ethyl adjacent to an activating group) is 2. The van der Waals surface area contributed by atoms with Gasteiger partial charge < -0.3 is 44.1 Å². The Morgan fingerprint density at radius 1 is 0.766 bits per heavy atom. The van der Waals surface area contributed by atoms with Gasteiger partial charge in [-0.05, 0) is 124 Å². The molecule has 0 saturated carbocycles. The average molecular weight is 1110 g/mol. The maximum atomic E-state index is 15.2. The molecular formula is C56H65Cl2F3N8O8. The molecule has 412 valence electrons. The van der Waals surface area contributed by atoms with Gasteiger partial charge in [0.05, 0.1) is 37.5 Å². The van der Waals surface area contributed by atoms with E-state index < -0.39 is 78.2 Å². The van der Waals surface area contributed by atoms with E-state index in [1.807, 2.05) is 25.4 Å². The minimum absolute atomic E-state index is 0.0291. The van der Waals surface area contributed by atoms with Gasteiger partial charge in [0.15, 0.2) is 0 Å². The number of ether oxygens (including phenoxy) is 3. The van der Waals surface area contributed by atoms with Crippen molar-refractivity contribution in [2.75, 3.05) is 47.4 Å². The van der Waals surface area contributed by atoms with E-state index >= 15 is 4.79 Å². The third-order valence-corrected chi connectivity index (χ3v) is 14.7. The fourth-order valence-electron chi connectivity index (χ4n) is 9.56. The molecule has 5 atom stereocenters. The van der Waals surface area contributed by atoms with Crippen LogP contribution >= 0.6 is 23.2 Å². The molecular weight excluding hydrogens is 1040 g/mol. The zero-order valence-electron chi connectivity index (χ0n) is 43.9. The molecule has 0 unspecified atom stereocenters. The number of carbonyl (C=O) groups excluding carboxylic acids is 5. The van der Waals surface area contributed by atoms with E-state index in [2.05, 4.69) is 24.8 Å². The summed E-state index contributed by atoms with van der Waals surface area (Å²) in [6.07, 6.45) is -1.49. The van der Waals surface area contributed by atoms with Crippen LogP contribution < -0.4 is 20.1 Å². The molecule has 5 aromatic rings. The van der Waals surface area contributed by atoms with Crippen LogP contribution in [0.5, 0.6) is 17.2 Å². The molecule has 7 rings (SSSR count). The summed E-state index contributed by atoms with van der Waals surface area (Å²) in [5, 5.41) is 6.47. The van der Waals surface area contributed by atoms with Crippen molar-refractivity contribution in [2.24, 2.45) is 13.0 Å². The molecule has 21 heteroatoms. The second-order valence-corrected chi connectivity index (χ2v) is 20.6. The molecule has 0 spiro atoms. The number of likely N-dealkylation sites (tertiary alicyclic amines) is 1. The number of hydrogen-bond acceptors (Lipinski definition) is 10. The highest BCUT2D eigenvalue weighted by Gasteiger charge is 2.37. The highest BCUT2D eigenvalue weighted by atomic mass is 35.5. The third kappa shape index (κ3) is 15.7. The van der Waals surface area contributed by atoms with Crippen molar-refractivity contribution in [2.45, 2.75) is 96.0 Å². The van der Waals surface area contributed by atoms with E-state index in [0.717, 1.165) is 54.4 Å². The normalized spacial score (nSPS) is 20.9. The van der Waals surface area contributed by atoms with Crippen molar-refractivity contribution < 1.29 is 51.4 Å². The molecule has 0 radical (unpaired) electrons. The Balaban J connectivity index is 1.23. The van der Waals surface area contributed by atoms with Gasteiger partial charge in [-0.2, -0.15) is 0 Å². The standard InChI is InChI=1S/C56H65Cl2F3N8O8/c1-35-30-63-51(70)29-44(25-37-12-17-42(57)18-13-37)66(4)55(74)47(34-75-6)64-53(72)36(2)69(52(71)27-41(54(73)65(35)3)24-38-10-9-11-46(26-38)77-56(59,60)61)32-40-14-19-43(58)28-49(40)76-45-20-15-39(16-21-45)48-31-62-50(67(48)5)33-68-22-7-8-23-68/h9-21,26,28,31,35-36,41,44,47H,7-8,22-25,27,29-30,32-34H2,1-6H3,(H,63,70)(H,64,72)/t35-,36-,41+,44-,47-/m0/s1. The number of rotatable bonds is 14. The number of methoxy groups -OCH3 is 1. The van der Waals surface area contributed by atoms with Gasteiger partial charge in [0.1, 0.15) is 35.2 Å². The number of nitrogens with zero attached hydrogens (tertiary/aromatic N) is 6. The van der Waals surface area contributed by atoms with Crippen LogP contribution in [0.3, 0.4) is 0 Å². The minimum Gasteiger partial charge on any atom is -0.457 e. The van der Waals surface area contributed by atoms with E-state index in [1.165, 1.54) is 67.8 Å². The largest absolute Gasteiger partial charge is 0.573 e. The van der Waals surface area contributed by atoms with Gasteiger partial charge in [0.25, 0.3) is 0 Å². The number of nitrogens with one attached hydrogen (secondary N) is 2. The van der Waals surface area contributed by atoms with Crippen LogP contribution in [0.4, 0.5) is 13.2 Å². The minimum atomic E-state index is -5.00. The van der Waals surface area contributed by atoms with Crippen LogP contribution in [-0.2, 0) is 61.7 Å². The van der Waals surface area contributed by atoms with Gasteiger partial charge in [0.2, 0.25) is 29.5 Å². The van der Waals surface area contributed by atoms with Gasteiger partial charge in [-0.1, -0.05) is 53.5 Å². The van der Waals surface area contributed by atoms with Crippen LogP contribution in [0, 0.1) is 5.92 Å². The van der Waals surface area contributed by atoms with Crippen molar-refractivity contribution in [3.63, 3.8) is 0 Å². The van der Waals surface area contributed by atoms with E-state index in [-0.39, 0.29) is 50.3 Å². The molecule has 4 aromatic carbocycles. The number of carbonyl (C=O) groups is 5. The second kappa shape index (κ2) is 26.1. The molecule has 2 saturated heterocycles. The van der Waals surface area contributed by atoms with Crippen LogP contribution in [-0.4, -0.2) is 137 Å². The lowest BCUT2D eigenvalue weighted by molar-refractivity contribution is -0.274. The number of amides is 5. The quantitative estimate of drug-likeness (QED) is 0.111. The van der Waals surface area contributed by atoms with E-state index in [9.17, 15) is 32.3 Å². The molecule has 16 nitrogen and oxygen atoms in total. The number of benzene rings is 4. The lowest BCUT2D eigenvalue weighted by atomic mass is 9.93. The van der Waals surface area contributed by atoms with Crippen molar-refractivity contribution >= 4 is 52.7 Å². The zero-order valence-corrected chi connectivity index (χ0v) is 45.5.